The van der Waals surface area contributed by atoms with Crippen LogP contribution in [0.2, 0.25) is 0 Å². The topological polar surface area (TPSA) is 46.2 Å². The van der Waals surface area contributed by atoms with E-state index in [2.05, 4.69) is 16.9 Å². The van der Waals surface area contributed by atoms with Crippen molar-refractivity contribution in [2.45, 2.75) is 23.2 Å². The zero-order chi connectivity index (χ0) is 16.6. The molecule has 0 heterocycles. The molecule has 4 heteroatoms. The lowest BCUT2D eigenvalue weighted by atomic mass is 9.96. The van der Waals surface area contributed by atoms with Crippen molar-refractivity contribution in [3.8, 4) is 0 Å². The second-order valence-corrected chi connectivity index (χ2v) is 8.25. The van der Waals surface area contributed by atoms with Crippen molar-refractivity contribution in [2.75, 3.05) is 6.54 Å². The van der Waals surface area contributed by atoms with Crippen molar-refractivity contribution in [1.29, 1.82) is 0 Å². The van der Waals surface area contributed by atoms with Crippen molar-refractivity contribution in [3.63, 3.8) is 0 Å². The van der Waals surface area contributed by atoms with Gasteiger partial charge in [-0.2, -0.15) is 0 Å². The molecule has 1 aliphatic carbocycles. The normalized spacial score (nSPS) is 16.2. The van der Waals surface area contributed by atoms with Gasteiger partial charge in [0, 0.05) is 12.0 Å². The third kappa shape index (κ3) is 2.83. The molecule has 1 saturated carbocycles. The highest BCUT2D eigenvalue weighted by Crippen LogP contribution is 2.47. The molecule has 1 N–H and O–H groups in total. The van der Waals surface area contributed by atoms with E-state index >= 15 is 0 Å². The second-order valence-electron chi connectivity index (χ2n) is 6.48. The minimum atomic E-state index is -3.50. The number of hydrogen-bond donors (Lipinski definition) is 1. The molecule has 3 aromatic rings. The van der Waals surface area contributed by atoms with Crippen molar-refractivity contribution in [2.24, 2.45) is 0 Å². The molecule has 3 aromatic carbocycles. The smallest absolute Gasteiger partial charge is 0.210 e. The maximum absolute atomic E-state index is 12.7. The van der Waals surface area contributed by atoms with Gasteiger partial charge < -0.3 is 0 Å². The molecular weight excluding hydrogens is 318 g/mol. The van der Waals surface area contributed by atoms with Gasteiger partial charge in [0.15, 0.2) is 0 Å². The van der Waals surface area contributed by atoms with Crippen LogP contribution in [0.1, 0.15) is 18.4 Å². The quantitative estimate of drug-likeness (QED) is 0.769. The maximum atomic E-state index is 12.7. The lowest BCUT2D eigenvalue weighted by molar-refractivity contribution is 0.567. The monoisotopic (exact) mass is 337 g/mol. The van der Waals surface area contributed by atoms with Gasteiger partial charge in [-0.15, -0.1) is 0 Å². The fourth-order valence-corrected chi connectivity index (χ4v) is 4.32. The van der Waals surface area contributed by atoms with Crippen LogP contribution in [0, 0.1) is 0 Å². The van der Waals surface area contributed by atoms with Gasteiger partial charge in [-0.3, -0.25) is 0 Å². The molecule has 0 radical (unpaired) electrons. The van der Waals surface area contributed by atoms with E-state index in [0.29, 0.717) is 11.4 Å². The predicted molar refractivity (Wildman–Crippen MR) is 96.5 cm³/mol. The fourth-order valence-electron chi connectivity index (χ4n) is 3.16. The molecule has 122 valence electrons. The fraction of sp³-hybridized carbons (Fsp3) is 0.200. The summed E-state index contributed by atoms with van der Waals surface area (Å²) in [6.07, 6.45) is 2.05. The molecule has 0 amide bonds. The first-order valence-corrected chi connectivity index (χ1v) is 9.62. The van der Waals surface area contributed by atoms with Crippen LogP contribution in [0.25, 0.3) is 10.8 Å². The van der Waals surface area contributed by atoms with Crippen molar-refractivity contribution < 1.29 is 8.42 Å². The van der Waals surface area contributed by atoms with Gasteiger partial charge in [-0.25, -0.2) is 13.1 Å². The average Bonchev–Trinajstić information content (AvgIpc) is 3.42. The number of fused-ring (bicyclic) bond motifs is 1. The summed E-state index contributed by atoms with van der Waals surface area (Å²) < 4.78 is 28.2. The summed E-state index contributed by atoms with van der Waals surface area (Å²) in [5, 5.41) is 1.98. The van der Waals surface area contributed by atoms with Crippen LogP contribution < -0.4 is 4.72 Å². The van der Waals surface area contributed by atoms with E-state index in [9.17, 15) is 8.42 Å². The third-order valence-electron chi connectivity index (χ3n) is 4.87. The molecule has 1 fully saturated rings. The first-order valence-electron chi connectivity index (χ1n) is 8.13. The van der Waals surface area contributed by atoms with E-state index in [1.807, 2.05) is 48.5 Å². The predicted octanol–water partition coefficient (Wildman–Crippen LogP) is 3.85. The summed E-state index contributed by atoms with van der Waals surface area (Å²) in [4.78, 5) is 0.324. The van der Waals surface area contributed by atoms with E-state index in [-0.39, 0.29) is 5.41 Å². The SMILES string of the molecule is O=S(=O)(NCC1(c2ccccc2)CC1)c1ccc2ccccc2c1. The zero-order valence-corrected chi connectivity index (χ0v) is 14.1. The van der Waals surface area contributed by atoms with Crippen molar-refractivity contribution >= 4 is 20.8 Å². The lowest BCUT2D eigenvalue weighted by Crippen LogP contribution is -2.32. The molecule has 0 unspecified atom stereocenters. The number of benzene rings is 3. The highest BCUT2D eigenvalue weighted by Gasteiger charge is 2.44. The van der Waals surface area contributed by atoms with Gasteiger partial charge in [0.25, 0.3) is 0 Å². The summed E-state index contributed by atoms with van der Waals surface area (Å²) >= 11 is 0. The Morgan fingerprint density at radius 2 is 1.50 bits per heavy atom. The van der Waals surface area contributed by atoms with Gasteiger partial charge in [0.2, 0.25) is 10.0 Å². The van der Waals surface area contributed by atoms with Crippen LogP contribution >= 0.6 is 0 Å². The van der Waals surface area contributed by atoms with Crippen LogP contribution in [0.15, 0.2) is 77.7 Å². The summed E-state index contributed by atoms with van der Waals surface area (Å²) in [6.45, 7) is 0.451. The Kier molecular flexibility index (Phi) is 3.66. The van der Waals surface area contributed by atoms with Crippen molar-refractivity contribution in [3.05, 3.63) is 78.4 Å². The zero-order valence-electron chi connectivity index (χ0n) is 13.3. The minimum Gasteiger partial charge on any atom is -0.210 e. The number of sulfonamides is 1. The van der Waals surface area contributed by atoms with Crippen LogP contribution in [-0.4, -0.2) is 15.0 Å². The summed E-state index contributed by atoms with van der Waals surface area (Å²) in [6, 6.07) is 23.2. The van der Waals surface area contributed by atoms with E-state index < -0.39 is 10.0 Å². The Labute approximate surface area is 142 Å². The number of hydrogen-bond acceptors (Lipinski definition) is 2. The molecule has 3 nitrogen and oxygen atoms in total. The Morgan fingerprint density at radius 3 is 2.21 bits per heavy atom. The van der Waals surface area contributed by atoms with E-state index in [1.165, 1.54) is 5.56 Å². The van der Waals surface area contributed by atoms with Crippen LogP contribution in [0.3, 0.4) is 0 Å². The Balaban J connectivity index is 1.57. The summed E-state index contributed by atoms with van der Waals surface area (Å²) in [7, 11) is -3.50. The van der Waals surface area contributed by atoms with E-state index in [1.54, 1.807) is 12.1 Å². The molecule has 0 spiro atoms. The van der Waals surface area contributed by atoms with Gasteiger partial charge in [-0.1, -0.05) is 60.7 Å². The molecule has 24 heavy (non-hydrogen) atoms. The molecule has 0 saturated heterocycles. The number of rotatable bonds is 5. The first-order chi connectivity index (χ1) is 11.6. The molecule has 0 aliphatic heterocycles. The maximum Gasteiger partial charge on any atom is 0.240 e. The molecule has 0 bridgehead atoms. The van der Waals surface area contributed by atoms with Crippen LogP contribution in [0.4, 0.5) is 0 Å². The summed E-state index contributed by atoms with van der Waals surface area (Å²) in [5.41, 5.74) is 1.18. The molecule has 0 atom stereocenters. The van der Waals surface area contributed by atoms with Gasteiger partial charge in [0.1, 0.15) is 0 Å². The molecule has 1 aliphatic rings. The van der Waals surface area contributed by atoms with Crippen molar-refractivity contribution in [1.82, 2.24) is 4.72 Å². The second kappa shape index (κ2) is 5.72. The Bertz CT molecular complexity index is 977. The largest absolute Gasteiger partial charge is 0.240 e. The van der Waals surface area contributed by atoms with E-state index in [4.69, 9.17) is 0 Å². The Morgan fingerprint density at radius 1 is 0.833 bits per heavy atom. The van der Waals surface area contributed by atoms with Crippen LogP contribution in [-0.2, 0) is 15.4 Å². The highest BCUT2D eigenvalue weighted by atomic mass is 32.2. The third-order valence-corrected chi connectivity index (χ3v) is 6.27. The van der Waals surface area contributed by atoms with Gasteiger partial charge in [0.05, 0.1) is 4.90 Å². The molecule has 0 aromatic heterocycles. The highest BCUT2D eigenvalue weighted by molar-refractivity contribution is 7.89. The first kappa shape index (κ1) is 15.4. The van der Waals surface area contributed by atoms with Gasteiger partial charge >= 0.3 is 0 Å². The molecule has 4 rings (SSSR count). The minimum absolute atomic E-state index is 0.0365. The van der Waals surface area contributed by atoms with E-state index in [0.717, 1.165) is 23.6 Å². The van der Waals surface area contributed by atoms with Crippen LogP contribution in [0.5, 0.6) is 0 Å². The van der Waals surface area contributed by atoms with Gasteiger partial charge in [-0.05, 0) is 41.3 Å². The molecular formula is C20H19NO2S. The summed E-state index contributed by atoms with van der Waals surface area (Å²) in [5.74, 6) is 0. The average molecular weight is 337 g/mol. The standard InChI is InChI=1S/C20H19NO2S/c22-24(23,19-11-10-16-6-4-5-7-17(16)14-19)21-15-20(12-13-20)18-8-2-1-3-9-18/h1-11,14,21H,12-13,15H2. The lowest BCUT2D eigenvalue weighted by Gasteiger charge is -2.17. The number of nitrogens with one attached hydrogen (secondary N) is 1. The Hall–Kier alpha value is -2.17.